The van der Waals surface area contributed by atoms with Gasteiger partial charge in [-0.2, -0.15) is 0 Å². The average molecular weight is 751 g/mol. The Kier molecular flexibility index (Phi) is 7.89. The summed E-state index contributed by atoms with van der Waals surface area (Å²) in [5.41, 5.74) is 11.4. The van der Waals surface area contributed by atoms with Gasteiger partial charge in [-0.05, 0) is 107 Å². The van der Waals surface area contributed by atoms with E-state index in [1.807, 2.05) is 42.5 Å². The van der Waals surface area contributed by atoms with Crippen LogP contribution in [0.4, 0.5) is 0 Å². The SMILES string of the molecule is CC1(C)c2ccccc2-c2cc[c-]c(-c3cc(C4C5CC6CC(C5)CC4C6)ccn3)c21.[Ir].[c-]1ccccc1-c1ccccn1. The van der Waals surface area contributed by atoms with Crippen molar-refractivity contribution in [3.05, 3.63) is 132 Å². The van der Waals surface area contributed by atoms with Gasteiger partial charge in [-0.15, -0.1) is 65.2 Å². The van der Waals surface area contributed by atoms with E-state index in [9.17, 15) is 0 Å². The summed E-state index contributed by atoms with van der Waals surface area (Å²) in [7, 11) is 0. The van der Waals surface area contributed by atoms with E-state index in [-0.39, 0.29) is 25.5 Å². The first-order valence-electron chi connectivity index (χ1n) is 16.1. The van der Waals surface area contributed by atoms with E-state index in [4.69, 9.17) is 4.98 Å². The molecular formula is C41H38IrN2-2. The number of hydrogen-bond acceptors (Lipinski definition) is 2. The Bertz CT molecular complexity index is 1700. The summed E-state index contributed by atoms with van der Waals surface area (Å²) in [5, 5.41) is 0. The monoisotopic (exact) mass is 751 g/mol. The predicted octanol–water partition coefficient (Wildman–Crippen LogP) is 9.94. The number of fused-ring (bicyclic) bond motifs is 3. The molecule has 2 nitrogen and oxygen atoms in total. The molecule has 223 valence electrons. The average Bonchev–Trinajstić information content (AvgIpc) is 3.28. The van der Waals surface area contributed by atoms with Crippen molar-refractivity contribution < 1.29 is 20.1 Å². The molecule has 0 spiro atoms. The second-order valence-electron chi connectivity index (χ2n) is 13.7. The Hall–Kier alpha value is -3.39. The number of rotatable bonds is 3. The smallest absolute Gasteiger partial charge is 0.0163 e. The normalized spacial score (nSPS) is 24.8. The fraction of sp³-hybridized carbons (Fsp3) is 0.317. The molecule has 44 heavy (non-hydrogen) atoms. The van der Waals surface area contributed by atoms with Crippen LogP contribution in [0.3, 0.4) is 0 Å². The number of hydrogen-bond donors (Lipinski definition) is 0. The van der Waals surface area contributed by atoms with Crippen molar-refractivity contribution in [3.8, 4) is 33.6 Å². The molecule has 5 aliphatic carbocycles. The molecule has 10 rings (SSSR count). The van der Waals surface area contributed by atoms with Crippen LogP contribution in [0.5, 0.6) is 0 Å². The summed E-state index contributed by atoms with van der Waals surface area (Å²) in [4.78, 5) is 9.11. The Balaban J connectivity index is 0.000000203. The summed E-state index contributed by atoms with van der Waals surface area (Å²) in [6.07, 6.45) is 11.2. The number of pyridine rings is 2. The maximum Gasteiger partial charge on any atom is 0.0163 e. The molecule has 1 radical (unpaired) electrons. The molecule has 5 aliphatic rings. The maximum absolute atomic E-state index is 4.90. The zero-order chi connectivity index (χ0) is 29.0. The van der Waals surface area contributed by atoms with Crippen molar-refractivity contribution in [1.82, 2.24) is 9.97 Å². The Labute approximate surface area is 275 Å². The van der Waals surface area contributed by atoms with Crippen molar-refractivity contribution in [3.63, 3.8) is 0 Å². The molecule has 0 aliphatic heterocycles. The van der Waals surface area contributed by atoms with Gasteiger partial charge < -0.3 is 9.97 Å². The van der Waals surface area contributed by atoms with Crippen molar-refractivity contribution >= 4 is 0 Å². The van der Waals surface area contributed by atoms with E-state index in [0.29, 0.717) is 0 Å². The molecule has 3 heteroatoms. The number of aromatic nitrogens is 2. The topological polar surface area (TPSA) is 25.8 Å². The van der Waals surface area contributed by atoms with Gasteiger partial charge in [0.1, 0.15) is 0 Å². The summed E-state index contributed by atoms with van der Waals surface area (Å²) < 4.78 is 0. The molecule has 0 atom stereocenters. The van der Waals surface area contributed by atoms with Crippen LogP contribution in [-0.4, -0.2) is 9.97 Å². The van der Waals surface area contributed by atoms with Gasteiger partial charge in [-0.3, -0.25) is 0 Å². The molecule has 0 saturated heterocycles. The first-order chi connectivity index (χ1) is 21.1. The number of nitrogens with zero attached hydrogens (tertiary/aromatic N) is 2. The first kappa shape index (κ1) is 29.3. The van der Waals surface area contributed by atoms with Crippen LogP contribution in [-0.2, 0) is 25.5 Å². The summed E-state index contributed by atoms with van der Waals surface area (Å²) in [6.45, 7) is 4.72. The fourth-order valence-corrected chi connectivity index (χ4v) is 9.31. The zero-order valence-corrected chi connectivity index (χ0v) is 27.9. The molecular weight excluding hydrogens is 713 g/mol. The second-order valence-corrected chi connectivity index (χ2v) is 13.7. The minimum Gasteiger partial charge on any atom is -0.305 e. The third-order valence-corrected chi connectivity index (χ3v) is 10.8. The van der Waals surface area contributed by atoms with Crippen LogP contribution in [0.15, 0.2) is 103 Å². The van der Waals surface area contributed by atoms with E-state index in [1.54, 1.807) is 6.20 Å². The van der Waals surface area contributed by atoms with Crippen LogP contribution in [0.25, 0.3) is 33.6 Å². The molecule has 4 saturated carbocycles. The van der Waals surface area contributed by atoms with Crippen LogP contribution >= 0.6 is 0 Å². The third-order valence-electron chi connectivity index (χ3n) is 10.8. The largest absolute Gasteiger partial charge is 0.305 e. The molecule has 3 aromatic carbocycles. The van der Waals surface area contributed by atoms with Crippen molar-refractivity contribution in [2.24, 2.45) is 23.7 Å². The summed E-state index contributed by atoms with van der Waals surface area (Å²) in [6, 6.07) is 38.4. The van der Waals surface area contributed by atoms with E-state index < -0.39 is 0 Å². The Morgan fingerprint density at radius 2 is 1.39 bits per heavy atom. The van der Waals surface area contributed by atoms with Crippen molar-refractivity contribution in [2.45, 2.75) is 57.3 Å². The molecule has 0 unspecified atom stereocenters. The van der Waals surface area contributed by atoms with Crippen molar-refractivity contribution in [2.75, 3.05) is 0 Å². The van der Waals surface area contributed by atoms with E-state index >= 15 is 0 Å². The van der Waals surface area contributed by atoms with E-state index in [2.05, 4.69) is 85.7 Å². The molecule has 5 aromatic rings. The molecule has 0 N–H and O–H groups in total. The van der Waals surface area contributed by atoms with Gasteiger partial charge in [0.25, 0.3) is 0 Å². The number of benzene rings is 3. The van der Waals surface area contributed by atoms with E-state index in [0.717, 1.165) is 46.5 Å². The Morgan fingerprint density at radius 3 is 2.11 bits per heavy atom. The van der Waals surface area contributed by atoms with Crippen LogP contribution in [0.1, 0.15) is 68.6 Å². The van der Waals surface area contributed by atoms with Gasteiger partial charge >= 0.3 is 0 Å². The second kappa shape index (κ2) is 11.8. The van der Waals surface area contributed by atoms with E-state index in [1.165, 1.54) is 65.5 Å². The molecule has 4 bridgehead atoms. The molecule has 2 aromatic heterocycles. The van der Waals surface area contributed by atoms with Gasteiger partial charge in [-0.1, -0.05) is 61.9 Å². The minimum absolute atomic E-state index is 0. The quantitative estimate of drug-likeness (QED) is 0.172. The fourth-order valence-electron chi connectivity index (χ4n) is 9.31. The maximum atomic E-state index is 4.90. The third kappa shape index (κ3) is 5.09. The first-order valence-corrected chi connectivity index (χ1v) is 16.1. The summed E-state index contributed by atoms with van der Waals surface area (Å²) >= 11 is 0. The predicted molar refractivity (Wildman–Crippen MR) is 174 cm³/mol. The van der Waals surface area contributed by atoms with Crippen LogP contribution < -0.4 is 0 Å². The van der Waals surface area contributed by atoms with Gasteiger partial charge in [0.05, 0.1) is 0 Å². The van der Waals surface area contributed by atoms with Gasteiger partial charge in [-0.25, -0.2) is 0 Å². The Morgan fingerprint density at radius 1 is 0.659 bits per heavy atom. The molecule has 2 heterocycles. The summed E-state index contributed by atoms with van der Waals surface area (Å²) in [5.74, 6) is 4.59. The molecule has 0 amide bonds. The van der Waals surface area contributed by atoms with Gasteiger partial charge in [0.15, 0.2) is 0 Å². The van der Waals surface area contributed by atoms with Crippen LogP contribution in [0, 0.1) is 35.8 Å². The minimum atomic E-state index is -0.0284. The molecule has 4 fully saturated rings. The van der Waals surface area contributed by atoms with Crippen molar-refractivity contribution in [1.29, 1.82) is 0 Å². The standard InChI is InChI=1S/C30H30N.C11H8N.Ir/c1-30(2)26-9-4-3-6-23(26)24-7-5-8-25(29(24)30)27-17-20(10-11-31-27)28-21-13-18-12-19(15-21)16-22(28)14-18;1-2-6-10(7-3-1)11-8-4-5-9-12-11;/h3-7,9-11,17-19,21-22,28H,12-16H2,1-2H3;1-6,8-9H;/q2*-1;. The zero-order valence-electron chi connectivity index (χ0n) is 25.5. The van der Waals surface area contributed by atoms with Gasteiger partial charge in [0, 0.05) is 32.5 Å². The van der Waals surface area contributed by atoms with Gasteiger partial charge in [0.2, 0.25) is 0 Å². The van der Waals surface area contributed by atoms with Crippen LogP contribution in [0.2, 0.25) is 0 Å².